The Morgan fingerprint density at radius 3 is 3.00 bits per heavy atom. The number of hydrogen-bond donors (Lipinski definition) is 1. The highest BCUT2D eigenvalue weighted by molar-refractivity contribution is 9.11. The third kappa shape index (κ3) is 4.15. The molecule has 0 radical (unpaired) electrons. The largest absolute Gasteiger partial charge is 0.441 e. The molecule has 1 N–H and O–H groups in total. The van der Waals surface area contributed by atoms with Crippen LogP contribution >= 0.6 is 39.0 Å². The van der Waals surface area contributed by atoms with E-state index in [0.29, 0.717) is 6.54 Å². The first-order valence-corrected chi connectivity index (χ1v) is 8.27. The highest BCUT2D eigenvalue weighted by Gasteiger charge is 2.28. The maximum atomic E-state index is 12.0. The van der Waals surface area contributed by atoms with Gasteiger partial charge in [0.1, 0.15) is 0 Å². The standard InChI is InChI=1S/C11H13BrF3NS2/c12-10-6-7-8(2-1-3-9(7)18-10)16-4-5-17-11(13,14)15/h6,8,16H,1-5H2. The van der Waals surface area contributed by atoms with Gasteiger partial charge in [-0.3, -0.25) is 0 Å². The lowest BCUT2D eigenvalue weighted by atomic mass is 9.94. The molecule has 0 bridgehead atoms. The average molecular weight is 360 g/mol. The third-order valence-electron chi connectivity index (χ3n) is 2.84. The van der Waals surface area contributed by atoms with E-state index < -0.39 is 5.51 Å². The summed E-state index contributed by atoms with van der Waals surface area (Å²) in [5, 5.41) is 3.23. The molecule has 7 heteroatoms. The van der Waals surface area contributed by atoms with Crippen LogP contribution in [0.1, 0.15) is 29.3 Å². The molecule has 1 aromatic heterocycles. The summed E-state index contributed by atoms with van der Waals surface area (Å²) >= 11 is 5.23. The maximum absolute atomic E-state index is 12.0. The smallest absolute Gasteiger partial charge is 0.309 e. The summed E-state index contributed by atoms with van der Waals surface area (Å²) in [6.45, 7) is 0.391. The van der Waals surface area contributed by atoms with Crippen molar-refractivity contribution >= 4 is 39.0 Å². The SMILES string of the molecule is FC(F)(F)SCCNC1CCCc2sc(Br)cc21. The molecule has 0 aliphatic heterocycles. The number of fused-ring (bicyclic) bond motifs is 1. The van der Waals surface area contributed by atoms with Crippen LogP contribution in [0, 0.1) is 0 Å². The topological polar surface area (TPSA) is 12.0 Å². The highest BCUT2D eigenvalue weighted by atomic mass is 79.9. The second-order valence-electron chi connectivity index (χ2n) is 4.12. The number of alkyl halides is 3. The average Bonchev–Trinajstić information content (AvgIpc) is 2.64. The first kappa shape index (κ1) is 14.7. The monoisotopic (exact) mass is 359 g/mol. The van der Waals surface area contributed by atoms with Gasteiger partial charge in [0.05, 0.1) is 3.79 Å². The van der Waals surface area contributed by atoms with Crippen LogP contribution in [-0.4, -0.2) is 17.8 Å². The number of aryl methyl sites for hydroxylation is 1. The predicted molar refractivity (Wildman–Crippen MR) is 74.2 cm³/mol. The first-order valence-electron chi connectivity index (χ1n) is 5.68. The van der Waals surface area contributed by atoms with E-state index in [4.69, 9.17) is 0 Å². The van der Waals surface area contributed by atoms with Crippen LogP contribution < -0.4 is 5.32 Å². The Kier molecular flexibility index (Phi) is 5.02. The second kappa shape index (κ2) is 6.15. The molecule has 1 heterocycles. The maximum Gasteiger partial charge on any atom is 0.441 e. The van der Waals surface area contributed by atoms with Gasteiger partial charge in [-0.05, 0) is 58.6 Å². The van der Waals surface area contributed by atoms with E-state index in [0.717, 1.165) is 23.0 Å². The van der Waals surface area contributed by atoms with Gasteiger partial charge in [-0.15, -0.1) is 11.3 Å². The zero-order valence-corrected chi connectivity index (χ0v) is 12.7. The van der Waals surface area contributed by atoms with Crippen molar-refractivity contribution in [3.8, 4) is 0 Å². The summed E-state index contributed by atoms with van der Waals surface area (Å²) in [4.78, 5) is 1.36. The summed E-state index contributed by atoms with van der Waals surface area (Å²) < 4.78 is 37.1. The molecular weight excluding hydrogens is 347 g/mol. The molecule has 1 atom stereocenters. The molecule has 1 aromatic rings. The van der Waals surface area contributed by atoms with Crippen molar-refractivity contribution in [1.82, 2.24) is 5.32 Å². The minimum Gasteiger partial charge on any atom is -0.309 e. The molecule has 0 fully saturated rings. The van der Waals surface area contributed by atoms with Crippen molar-refractivity contribution in [2.45, 2.75) is 30.8 Å². The third-order valence-corrected chi connectivity index (χ3v) is 5.29. The van der Waals surface area contributed by atoms with Crippen LogP contribution in [0.4, 0.5) is 13.2 Å². The summed E-state index contributed by atoms with van der Waals surface area (Å²) in [5.74, 6) is 0.0701. The molecule has 2 rings (SSSR count). The molecule has 1 unspecified atom stereocenters. The van der Waals surface area contributed by atoms with Crippen LogP contribution in [0.2, 0.25) is 0 Å². The van der Waals surface area contributed by atoms with E-state index >= 15 is 0 Å². The van der Waals surface area contributed by atoms with Gasteiger partial charge in [-0.25, -0.2) is 0 Å². The molecule has 0 aromatic carbocycles. The summed E-state index contributed by atoms with van der Waals surface area (Å²) in [6, 6.07) is 2.30. The molecule has 1 aliphatic rings. The van der Waals surface area contributed by atoms with Crippen LogP contribution in [0.3, 0.4) is 0 Å². The van der Waals surface area contributed by atoms with Crippen molar-refractivity contribution < 1.29 is 13.2 Å². The van der Waals surface area contributed by atoms with Gasteiger partial charge in [0, 0.05) is 23.2 Å². The Morgan fingerprint density at radius 2 is 2.28 bits per heavy atom. The van der Waals surface area contributed by atoms with Crippen LogP contribution in [0.15, 0.2) is 9.85 Å². The zero-order valence-electron chi connectivity index (χ0n) is 9.52. The number of thioether (sulfide) groups is 1. The lowest BCUT2D eigenvalue weighted by Gasteiger charge is -2.23. The van der Waals surface area contributed by atoms with Gasteiger partial charge in [-0.2, -0.15) is 13.2 Å². The zero-order chi connectivity index (χ0) is 13.2. The Labute approximate surface area is 121 Å². The quantitative estimate of drug-likeness (QED) is 0.779. The van der Waals surface area contributed by atoms with Crippen LogP contribution in [0.5, 0.6) is 0 Å². The Morgan fingerprint density at radius 1 is 1.50 bits per heavy atom. The Bertz CT molecular complexity index is 405. The molecular formula is C11H13BrF3NS2. The second-order valence-corrected chi connectivity index (χ2v) is 7.80. The van der Waals surface area contributed by atoms with Crippen molar-refractivity contribution in [2.75, 3.05) is 12.3 Å². The lowest BCUT2D eigenvalue weighted by Crippen LogP contribution is -2.26. The van der Waals surface area contributed by atoms with E-state index in [1.807, 2.05) is 0 Å². The van der Waals surface area contributed by atoms with Gasteiger partial charge in [0.25, 0.3) is 0 Å². The molecule has 0 saturated heterocycles. The molecule has 1 aliphatic carbocycles. The predicted octanol–water partition coefficient (Wildman–Crippen LogP) is 4.73. The number of halogens is 4. The van der Waals surface area contributed by atoms with E-state index in [-0.39, 0.29) is 23.6 Å². The number of thiophene rings is 1. The van der Waals surface area contributed by atoms with Crippen LogP contribution in [-0.2, 0) is 6.42 Å². The summed E-state index contributed by atoms with van der Waals surface area (Å²) in [7, 11) is 0. The van der Waals surface area contributed by atoms with Gasteiger partial charge in [0.2, 0.25) is 0 Å². The summed E-state index contributed by atoms with van der Waals surface area (Å²) in [6.07, 6.45) is 3.19. The summed E-state index contributed by atoms with van der Waals surface area (Å²) in [5.41, 5.74) is -2.86. The van der Waals surface area contributed by atoms with Crippen molar-refractivity contribution in [3.05, 3.63) is 20.3 Å². The van der Waals surface area contributed by atoms with Crippen molar-refractivity contribution in [2.24, 2.45) is 0 Å². The van der Waals surface area contributed by atoms with E-state index in [1.165, 1.54) is 10.4 Å². The normalized spacial score (nSPS) is 19.9. The fraction of sp³-hybridized carbons (Fsp3) is 0.636. The molecule has 0 amide bonds. The molecule has 1 nitrogen and oxygen atoms in total. The van der Waals surface area contributed by atoms with Crippen molar-refractivity contribution in [3.63, 3.8) is 0 Å². The van der Waals surface area contributed by atoms with Gasteiger partial charge >= 0.3 is 5.51 Å². The van der Waals surface area contributed by atoms with E-state index in [1.54, 1.807) is 11.3 Å². The minimum atomic E-state index is -4.12. The molecule has 102 valence electrons. The fourth-order valence-corrected chi connectivity index (χ4v) is 4.40. The number of rotatable bonds is 4. The number of hydrogen-bond acceptors (Lipinski definition) is 3. The van der Waals surface area contributed by atoms with E-state index in [9.17, 15) is 13.2 Å². The fourth-order valence-electron chi connectivity index (χ4n) is 2.13. The van der Waals surface area contributed by atoms with Crippen molar-refractivity contribution in [1.29, 1.82) is 0 Å². The first-order chi connectivity index (χ1) is 8.46. The van der Waals surface area contributed by atoms with E-state index in [2.05, 4.69) is 27.3 Å². The highest BCUT2D eigenvalue weighted by Crippen LogP contribution is 2.38. The van der Waals surface area contributed by atoms with Gasteiger partial charge in [-0.1, -0.05) is 0 Å². The Hall–Kier alpha value is 0.280. The molecule has 18 heavy (non-hydrogen) atoms. The molecule has 0 saturated carbocycles. The lowest BCUT2D eigenvalue weighted by molar-refractivity contribution is -0.0327. The molecule has 0 spiro atoms. The van der Waals surface area contributed by atoms with Crippen LogP contribution in [0.25, 0.3) is 0 Å². The minimum absolute atomic E-state index is 0.0395. The number of nitrogens with one attached hydrogen (secondary N) is 1. The Balaban J connectivity index is 1.84. The van der Waals surface area contributed by atoms with Gasteiger partial charge in [0.15, 0.2) is 0 Å². The van der Waals surface area contributed by atoms with Gasteiger partial charge < -0.3 is 5.32 Å².